The Bertz CT molecular complexity index is 1040. The molecule has 0 spiro atoms. The van der Waals surface area contributed by atoms with E-state index in [0.717, 1.165) is 33.3 Å². The fourth-order valence-corrected chi connectivity index (χ4v) is 3.82. The first-order valence-corrected chi connectivity index (χ1v) is 9.83. The van der Waals surface area contributed by atoms with Gasteiger partial charge >= 0.3 is 0 Å². The minimum absolute atomic E-state index is 0.0847. The highest BCUT2D eigenvalue weighted by Crippen LogP contribution is 2.35. The lowest BCUT2D eigenvalue weighted by Gasteiger charge is -2.22. The van der Waals surface area contributed by atoms with Crippen LogP contribution in [0.25, 0.3) is 10.8 Å². The van der Waals surface area contributed by atoms with Crippen LogP contribution in [0.15, 0.2) is 71.8 Å². The van der Waals surface area contributed by atoms with Crippen molar-refractivity contribution in [1.82, 2.24) is 5.01 Å². The SMILES string of the molecule is CN(C)c1ccc(C2CC(c3cccc4ccccc34)=NN2C(=O)CCl)cc1. The summed E-state index contributed by atoms with van der Waals surface area (Å²) < 4.78 is 0. The second-order valence-corrected chi connectivity index (χ2v) is 7.42. The number of alkyl halides is 1. The van der Waals surface area contributed by atoms with E-state index in [9.17, 15) is 4.79 Å². The minimum atomic E-state index is -0.182. The topological polar surface area (TPSA) is 35.9 Å². The summed E-state index contributed by atoms with van der Waals surface area (Å²) in [6.45, 7) is 0. The van der Waals surface area contributed by atoms with E-state index in [2.05, 4.69) is 53.4 Å². The van der Waals surface area contributed by atoms with E-state index in [1.165, 1.54) is 0 Å². The lowest BCUT2D eigenvalue weighted by atomic mass is 9.95. The van der Waals surface area contributed by atoms with Crippen molar-refractivity contribution in [3.05, 3.63) is 77.9 Å². The maximum absolute atomic E-state index is 12.5. The van der Waals surface area contributed by atoms with Gasteiger partial charge in [0.2, 0.25) is 0 Å². The van der Waals surface area contributed by atoms with E-state index in [4.69, 9.17) is 16.7 Å². The number of hydrazone groups is 1. The number of amides is 1. The lowest BCUT2D eigenvalue weighted by molar-refractivity contribution is -0.130. The molecule has 5 heteroatoms. The van der Waals surface area contributed by atoms with Crippen molar-refractivity contribution in [1.29, 1.82) is 0 Å². The zero-order chi connectivity index (χ0) is 19.7. The molecule has 1 heterocycles. The number of hydrogen-bond donors (Lipinski definition) is 0. The summed E-state index contributed by atoms with van der Waals surface area (Å²) in [5.41, 5.74) is 4.16. The Morgan fingerprint density at radius 1 is 1.07 bits per heavy atom. The molecule has 1 atom stereocenters. The minimum Gasteiger partial charge on any atom is -0.378 e. The van der Waals surface area contributed by atoms with Gasteiger partial charge in [0, 0.05) is 31.8 Å². The van der Waals surface area contributed by atoms with Gasteiger partial charge in [-0.15, -0.1) is 11.6 Å². The van der Waals surface area contributed by atoms with Crippen molar-refractivity contribution in [3.8, 4) is 0 Å². The van der Waals surface area contributed by atoms with Crippen molar-refractivity contribution in [2.24, 2.45) is 5.10 Å². The smallest absolute Gasteiger partial charge is 0.258 e. The van der Waals surface area contributed by atoms with Crippen molar-refractivity contribution < 1.29 is 4.79 Å². The molecule has 1 aliphatic heterocycles. The summed E-state index contributed by atoms with van der Waals surface area (Å²) in [6, 6.07) is 22.6. The molecule has 1 unspecified atom stereocenters. The van der Waals surface area contributed by atoms with Crippen molar-refractivity contribution in [3.63, 3.8) is 0 Å². The third kappa shape index (κ3) is 3.36. The van der Waals surface area contributed by atoms with E-state index in [-0.39, 0.29) is 17.8 Å². The zero-order valence-corrected chi connectivity index (χ0v) is 16.7. The third-order valence-corrected chi connectivity index (χ3v) is 5.40. The first-order valence-electron chi connectivity index (χ1n) is 9.29. The molecule has 0 aromatic heterocycles. The van der Waals surface area contributed by atoms with Gasteiger partial charge in [0.1, 0.15) is 5.88 Å². The van der Waals surface area contributed by atoms with Crippen molar-refractivity contribution in [2.75, 3.05) is 24.9 Å². The first kappa shape index (κ1) is 18.5. The highest BCUT2D eigenvalue weighted by Gasteiger charge is 2.33. The molecule has 0 bridgehead atoms. The number of rotatable bonds is 4. The van der Waals surface area contributed by atoms with Crippen LogP contribution in [0.3, 0.4) is 0 Å². The van der Waals surface area contributed by atoms with Crippen LogP contribution >= 0.6 is 11.6 Å². The van der Waals surface area contributed by atoms with Crippen LogP contribution in [0.2, 0.25) is 0 Å². The quantitative estimate of drug-likeness (QED) is 0.597. The fraction of sp³-hybridized carbons (Fsp3) is 0.217. The van der Waals surface area contributed by atoms with Crippen LogP contribution in [-0.4, -0.2) is 36.6 Å². The van der Waals surface area contributed by atoms with E-state index in [1.54, 1.807) is 5.01 Å². The van der Waals surface area contributed by atoms with Gasteiger partial charge in [-0.2, -0.15) is 5.10 Å². The molecular formula is C23H22ClN3O. The molecule has 0 fully saturated rings. The van der Waals surface area contributed by atoms with E-state index >= 15 is 0 Å². The first-order chi connectivity index (χ1) is 13.6. The predicted molar refractivity (Wildman–Crippen MR) is 116 cm³/mol. The van der Waals surface area contributed by atoms with Crippen molar-refractivity contribution >= 4 is 39.7 Å². The maximum Gasteiger partial charge on any atom is 0.258 e. The molecule has 142 valence electrons. The molecule has 28 heavy (non-hydrogen) atoms. The molecule has 0 saturated heterocycles. The Labute approximate surface area is 170 Å². The van der Waals surface area contributed by atoms with Crippen molar-refractivity contribution in [2.45, 2.75) is 12.5 Å². The molecule has 3 aromatic carbocycles. The molecule has 1 aliphatic rings. The standard InChI is InChI=1S/C23H22ClN3O/c1-26(2)18-12-10-17(11-13-18)22-14-21(25-27(22)23(28)15-24)20-9-5-7-16-6-3-4-8-19(16)20/h3-13,22H,14-15H2,1-2H3. The Hall–Kier alpha value is -2.85. The number of benzene rings is 3. The second kappa shape index (κ2) is 7.64. The number of nitrogens with zero attached hydrogens (tertiary/aromatic N) is 3. The summed E-state index contributed by atoms with van der Waals surface area (Å²) in [6.07, 6.45) is 0.665. The Kier molecular flexibility index (Phi) is 5.05. The van der Waals surface area contributed by atoms with Gasteiger partial charge < -0.3 is 4.90 Å². The van der Waals surface area contributed by atoms with Gasteiger partial charge in [-0.25, -0.2) is 5.01 Å². The average Bonchev–Trinajstić information content (AvgIpc) is 3.18. The predicted octanol–water partition coefficient (Wildman–Crippen LogP) is 4.82. The van der Waals surface area contributed by atoms with Crippen LogP contribution in [-0.2, 0) is 4.79 Å². The number of halogens is 1. The molecule has 0 radical (unpaired) electrons. The largest absolute Gasteiger partial charge is 0.378 e. The molecule has 0 aliphatic carbocycles. The van der Waals surface area contributed by atoms with Gasteiger partial charge in [-0.1, -0.05) is 54.6 Å². The third-order valence-electron chi connectivity index (χ3n) is 5.18. The Balaban J connectivity index is 1.73. The molecule has 4 nitrogen and oxygen atoms in total. The summed E-state index contributed by atoms with van der Waals surface area (Å²) in [5.74, 6) is -0.267. The second-order valence-electron chi connectivity index (χ2n) is 7.15. The van der Waals surface area contributed by atoms with Crippen LogP contribution in [0.4, 0.5) is 5.69 Å². The number of fused-ring (bicyclic) bond motifs is 1. The average molecular weight is 392 g/mol. The lowest BCUT2D eigenvalue weighted by Crippen LogP contribution is -2.28. The maximum atomic E-state index is 12.5. The van der Waals surface area contributed by atoms with Gasteiger partial charge in [-0.05, 0) is 28.5 Å². The van der Waals surface area contributed by atoms with Crippen LogP contribution in [0.1, 0.15) is 23.6 Å². The molecule has 4 rings (SSSR count). The fourth-order valence-electron chi connectivity index (χ4n) is 3.70. The van der Waals surface area contributed by atoms with Gasteiger partial charge in [-0.3, -0.25) is 4.79 Å². The molecule has 0 saturated carbocycles. The van der Waals surface area contributed by atoms with E-state index in [1.807, 2.05) is 32.3 Å². The van der Waals surface area contributed by atoms with E-state index < -0.39 is 0 Å². The molecular weight excluding hydrogens is 370 g/mol. The zero-order valence-electron chi connectivity index (χ0n) is 16.0. The Morgan fingerprint density at radius 2 is 1.79 bits per heavy atom. The highest BCUT2D eigenvalue weighted by atomic mass is 35.5. The molecule has 1 amide bonds. The number of carbonyl (C=O) groups is 1. The highest BCUT2D eigenvalue weighted by molar-refractivity contribution is 6.27. The Morgan fingerprint density at radius 3 is 2.50 bits per heavy atom. The summed E-state index contributed by atoms with van der Waals surface area (Å²) in [4.78, 5) is 14.5. The molecule has 3 aromatic rings. The number of carbonyl (C=O) groups excluding carboxylic acids is 1. The summed E-state index contributed by atoms with van der Waals surface area (Å²) >= 11 is 5.87. The number of hydrogen-bond acceptors (Lipinski definition) is 3. The molecule has 0 N–H and O–H groups in total. The van der Waals surface area contributed by atoms with Crippen LogP contribution < -0.4 is 4.90 Å². The van der Waals surface area contributed by atoms with Gasteiger partial charge in [0.15, 0.2) is 0 Å². The van der Waals surface area contributed by atoms with Crippen LogP contribution in [0, 0.1) is 0 Å². The number of anilines is 1. The van der Waals surface area contributed by atoms with Gasteiger partial charge in [0.25, 0.3) is 5.91 Å². The monoisotopic (exact) mass is 391 g/mol. The normalized spacial score (nSPS) is 16.3. The van der Waals surface area contributed by atoms with E-state index in [0.29, 0.717) is 6.42 Å². The van der Waals surface area contributed by atoms with Gasteiger partial charge in [0.05, 0.1) is 11.8 Å². The summed E-state index contributed by atoms with van der Waals surface area (Å²) in [7, 11) is 4.02. The van der Waals surface area contributed by atoms with Crippen LogP contribution in [0.5, 0.6) is 0 Å². The summed E-state index contributed by atoms with van der Waals surface area (Å²) in [5, 5.41) is 8.56.